The molecule has 2 heterocycles. The molecule has 1 atom stereocenters. The molecule has 136 valence electrons. The van der Waals surface area contributed by atoms with Crippen LogP contribution >= 0.6 is 0 Å². The van der Waals surface area contributed by atoms with Gasteiger partial charge in [0.05, 0.1) is 0 Å². The van der Waals surface area contributed by atoms with Crippen LogP contribution in [0.5, 0.6) is 0 Å². The van der Waals surface area contributed by atoms with Crippen molar-refractivity contribution in [1.82, 2.24) is 14.9 Å². The van der Waals surface area contributed by atoms with E-state index in [2.05, 4.69) is 22.5 Å². The number of aryl methyl sites for hydroxylation is 2. The summed E-state index contributed by atoms with van der Waals surface area (Å²) in [4.78, 5) is 22.0. The van der Waals surface area contributed by atoms with Crippen LogP contribution in [0.15, 0.2) is 40.1 Å². The van der Waals surface area contributed by atoms with Gasteiger partial charge in [-0.25, -0.2) is 9.98 Å². The third kappa shape index (κ3) is 3.36. The Morgan fingerprint density at radius 1 is 1.12 bits per heavy atom. The summed E-state index contributed by atoms with van der Waals surface area (Å²) in [5.74, 6) is 1.26. The molecule has 4 rings (SSSR count). The van der Waals surface area contributed by atoms with E-state index in [1.54, 1.807) is 10.6 Å². The van der Waals surface area contributed by atoms with E-state index in [1.165, 1.54) is 24.8 Å². The van der Waals surface area contributed by atoms with Crippen molar-refractivity contribution >= 4 is 11.9 Å². The minimum Gasteiger partial charge on any atom is -0.353 e. The largest absolute Gasteiger partial charge is 0.353 e. The fraction of sp³-hybridized carbons (Fsp3) is 0.450. The fourth-order valence-corrected chi connectivity index (χ4v) is 3.72. The summed E-state index contributed by atoms with van der Waals surface area (Å²) in [5.41, 5.74) is 2.78. The van der Waals surface area contributed by atoms with Gasteiger partial charge in [0.2, 0.25) is 11.9 Å². The minimum absolute atomic E-state index is 0.0916. The van der Waals surface area contributed by atoms with Crippen LogP contribution in [-0.2, 0) is 0 Å². The summed E-state index contributed by atoms with van der Waals surface area (Å²) < 4.78 is 1.63. The highest BCUT2D eigenvalue weighted by Crippen LogP contribution is 2.26. The molecular formula is C20H25N5O. The Morgan fingerprint density at radius 3 is 2.58 bits per heavy atom. The van der Waals surface area contributed by atoms with E-state index in [0.29, 0.717) is 23.6 Å². The van der Waals surface area contributed by atoms with Crippen LogP contribution in [-0.4, -0.2) is 21.6 Å². The summed E-state index contributed by atoms with van der Waals surface area (Å²) in [6.45, 7) is 3.89. The molecule has 1 aliphatic heterocycles. The maximum absolute atomic E-state index is 12.6. The molecule has 0 saturated heterocycles. The van der Waals surface area contributed by atoms with Gasteiger partial charge in [-0.1, -0.05) is 49.1 Å². The molecule has 0 bridgehead atoms. The number of guanidine groups is 1. The van der Waals surface area contributed by atoms with Crippen LogP contribution in [0, 0.1) is 13.8 Å². The quantitative estimate of drug-likeness (QED) is 0.872. The monoisotopic (exact) mass is 351 g/mol. The van der Waals surface area contributed by atoms with E-state index in [0.717, 1.165) is 18.4 Å². The number of anilines is 1. The minimum atomic E-state index is -0.404. The van der Waals surface area contributed by atoms with Gasteiger partial charge < -0.3 is 5.32 Å². The summed E-state index contributed by atoms with van der Waals surface area (Å²) in [6, 6.07) is 10.1. The Bertz CT molecular complexity index is 878. The van der Waals surface area contributed by atoms with E-state index in [1.807, 2.05) is 31.2 Å². The topological polar surface area (TPSA) is 71.3 Å². The maximum Gasteiger partial charge on any atom is 0.257 e. The van der Waals surface area contributed by atoms with Gasteiger partial charge in [0, 0.05) is 17.8 Å². The summed E-state index contributed by atoms with van der Waals surface area (Å²) in [5, 5.41) is 6.76. The van der Waals surface area contributed by atoms with Crippen molar-refractivity contribution in [2.24, 2.45) is 4.99 Å². The lowest BCUT2D eigenvalue weighted by molar-refractivity contribution is 0.410. The van der Waals surface area contributed by atoms with Crippen LogP contribution in [0.1, 0.15) is 55.1 Å². The van der Waals surface area contributed by atoms with E-state index in [9.17, 15) is 4.79 Å². The molecule has 2 aliphatic rings. The Kier molecular flexibility index (Phi) is 4.49. The first kappa shape index (κ1) is 16.8. The number of nitrogens with zero attached hydrogens (tertiary/aromatic N) is 3. The van der Waals surface area contributed by atoms with Gasteiger partial charge in [0.1, 0.15) is 0 Å². The zero-order valence-electron chi connectivity index (χ0n) is 15.3. The van der Waals surface area contributed by atoms with Gasteiger partial charge in [-0.05, 0) is 32.3 Å². The van der Waals surface area contributed by atoms with Crippen molar-refractivity contribution in [2.45, 2.75) is 58.2 Å². The van der Waals surface area contributed by atoms with Gasteiger partial charge in [-0.2, -0.15) is 0 Å². The molecule has 1 aliphatic carbocycles. The predicted molar refractivity (Wildman–Crippen MR) is 104 cm³/mol. The van der Waals surface area contributed by atoms with Crippen molar-refractivity contribution < 1.29 is 0 Å². The second-order valence-electron chi connectivity index (χ2n) is 7.30. The third-order valence-corrected chi connectivity index (χ3v) is 5.13. The summed E-state index contributed by atoms with van der Waals surface area (Å²) in [6.07, 6.45) is 5.72. The van der Waals surface area contributed by atoms with Gasteiger partial charge >= 0.3 is 0 Å². The molecule has 0 unspecified atom stereocenters. The van der Waals surface area contributed by atoms with Gasteiger partial charge in [0.15, 0.2) is 6.17 Å². The number of aliphatic imine (C=N–C) groups is 1. The van der Waals surface area contributed by atoms with Crippen LogP contribution < -0.4 is 16.2 Å². The molecule has 0 spiro atoms. The molecule has 0 radical (unpaired) electrons. The van der Waals surface area contributed by atoms with Crippen molar-refractivity contribution in [3.05, 3.63) is 57.5 Å². The van der Waals surface area contributed by atoms with Gasteiger partial charge in [0.25, 0.3) is 5.56 Å². The van der Waals surface area contributed by atoms with Crippen LogP contribution in [0.2, 0.25) is 0 Å². The van der Waals surface area contributed by atoms with E-state index >= 15 is 0 Å². The van der Waals surface area contributed by atoms with Crippen LogP contribution in [0.25, 0.3) is 0 Å². The lowest BCUT2D eigenvalue weighted by Gasteiger charge is -2.30. The predicted octanol–water partition coefficient (Wildman–Crippen LogP) is 3.11. The highest BCUT2D eigenvalue weighted by atomic mass is 16.1. The van der Waals surface area contributed by atoms with Crippen molar-refractivity contribution in [1.29, 1.82) is 0 Å². The average Bonchev–Trinajstić information content (AvgIpc) is 2.62. The number of rotatable bonds is 2. The zero-order chi connectivity index (χ0) is 18.1. The third-order valence-electron chi connectivity index (χ3n) is 5.13. The first-order chi connectivity index (χ1) is 12.6. The standard InChI is InChI=1S/C20H25N5O/c1-13-8-10-15(11-9-13)18-23-19(22-16-6-4-3-5-7-16)24-20-21-14(2)12-17(26)25(18)20/h8-12,16,18H,3-7H2,1-2H3,(H2,21,22,23,24)/t18-/m1/s1. The molecule has 6 nitrogen and oxygen atoms in total. The van der Waals surface area contributed by atoms with E-state index in [4.69, 9.17) is 4.99 Å². The lowest BCUT2D eigenvalue weighted by atomic mass is 9.96. The smallest absolute Gasteiger partial charge is 0.257 e. The fourth-order valence-electron chi connectivity index (χ4n) is 3.72. The maximum atomic E-state index is 12.6. The first-order valence-corrected chi connectivity index (χ1v) is 9.38. The molecule has 2 N–H and O–H groups in total. The van der Waals surface area contributed by atoms with Crippen LogP contribution in [0.4, 0.5) is 5.95 Å². The van der Waals surface area contributed by atoms with Crippen molar-refractivity contribution in [3.63, 3.8) is 0 Å². The molecule has 0 amide bonds. The van der Waals surface area contributed by atoms with Gasteiger partial charge in [-0.3, -0.25) is 14.7 Å². The molecule has 1 aromatic heterocycles. The lowest BCUT2D eigenvalue weighted by Crippen LogP contribution is -2.45. The first-order valence-electron chi connectivity index (χ1n) is 9.38. The molecule has 2 aromatic rings. The normalized spacial score (nSPS) is 20.1. The number of aromatic nitrogens is 2. The molecule has 1 fully saturated rings. The van der Waals surface area contributed by atoms with Crippen LogP contribution in [0.3, 0.4) is 0 Å². The zero-order valence-corrected chi connectivity index (χ0v) is 15.3. The Labute approximate surface area is 153 Å². The SMILES string of the molecule is Cc1ccc([C@@H]2N=C(NC3CCCCC3)Nc3nc(C)cc(=O)n32)cc1. The number of hydrogen-bond acceptors (Lipinski definition) is 5. The molecule has 1 saturated carbocycles. The highest BCUT2D eigenvalue weighted by molar-refractivity contribution is 5.93. The van der Waals surface area contributed by atoms with E-state index < -0.39 is 6.17 Å². The number of fused-ring (bicyclic) bond motifs is 1. The number of nitrogens with one attached hydrogen (secondary N) is 2. The Balaban J connectivity index is 1.73. The second-order valence-corrected chi connectivity index (χ2v) is 7.30. The molecular weight excluding hydrogens is 326 g/mol. The van der Waals surface area contributed by atoms with Crippen molar-refractivity contribution in [2.75, 3.05) is 5.32 Å². The summed E-state index contributed by atoms with van der Waals surface area (Å²) >= 11 is 0. The Hall–Kier alpha value is -2.63. The highest BCUT2D eigenvalue weighted by Gasteiger charge is 2.26. The average molecular weight is 351 g/mol. The van der Waals surface area contributed by atoms with Crippen molar-refractivity contribution in [3.8, 4) is 0 Å². The van der Waals surface area contributed by atoms with Gasteiger partial charge in [-0.15, -0.1) is 0 Å². The molecule has 26 heavy (non-hydrogen) atoms. The number of benzene rings is 1. The molecule has 6 heteroatoms. The molecule has 1 aromatic carbocycles. The number of hydrogen-bond donors (Lipinski definition) is 2. The van der Waals surface area contributed by atoms with E-state index in [-0.39, 0.29) is 5.56 Å². The Morgan fingerprint density at radius 2 is 1.85 bits per heavy atom. The second kappa shape index (κ2) is 6.94. The summed E-state index contributed by atoms with van der Waals surface area (Å²) in [7, 11) is 0.